The second-order valence-electron chi connectivity index (χ2n) is 9.85. The molecule has 0 radical (unpaired) electrons. The van der Waals surface area contributed by atoms with E-state index in [1.54, 1.807) is 6.33 Å². The topological polar surface area (TPSA) is 116 Å². The number of nitrogens with zero attached hydrogens (tertiary/aromatic N) is 3. The van der Waals surface area contributed by atoms with Crippen molar-refractivity contribution in [2.45, 2.75) is 38.8 Å². The van der Waals surface area contributed by atoms with E-state index >= 15 is 0 Å². The summed E-state index contributed by atoms with van der Waals surface area (Å²) >= 11 is 0. The van der Waals surface area contributed by atoms with Crippen LogP contribution >= 0.6 is 0 Å². The summed E-state index contributed by atoms with van der Waals surface area (Å²) in [4.78, 5) is 42.3. The fourth-order valence-corrected chi connectivity index (χ4v) is 4.94. The summed E-state index contributed by atoms with van der Waals surface area (Å²) in [6.45, 7) is 4.44. The fourth-order valence-electron chi connectivity index (χ4n) is 4.94. The number of carbonyl (C=O) groups is 2. The molecule has 38 heavy (non-hydrogen) atoms. The molecule has 0 saturated carbocycles. The summed E-state index contributed by atoms with van der Waals surface area (Å²) in [5, 5.41) is 2.69. The molecule has 9 heteroatoms. The first-order valence-corrected chi connectivity index (χ1v) is 12.8. The van der Waals surface area contributed by atoms with E-state index in [0.29, 0.717) is 6.54 Å². The minimum atomic E-state index is -0.654. The van der Waals surface area contributed by atoms with Crippen LogP contribution in [0.2, 0.25) is 0 Å². The zero-order valence-corrected chi connectivity index (χ0v) is 21.8. The van der Waals surface area contributed by atoms with Crippen LogP contribution in [0.3, 0.4) is 0 Å². The SMILES string of the molecule is COC(=O)NC(C(=O)N1CCC[C@H]1c1ncc(-c2ccc(-c3ccc(-c4cnc[nH]4)cc3)cc2)[nH]1)C(C)C. The van der Waals surface area contributed by atoms with Crippen LogP contribution < -0.4 is 5.32 Å². The maximum absolute atomic E-state index is 13.4. The van der Waals surface area contributed by atoms with Gasteiger partial charge in [-0.05, 0) is 41.0 Å². The van der Waals surface area contributed by atoms with E-state index in [0.717, 1.165) is 52.3 Å². The summed E-state index contributed by atoms with van der Waals surface area (Å²) in [5.41, 5.74) is 6.25. The Kier molecular flexibility index (Phi) is 7.26. The second-order valence-corrected chi connectivity index (χ2v) is 9.85. The van der Waals surface area contributed by atoms with Crippen LogP contribution in [0, 0.1) is 5.92 Å². The highest BCUT2D eigenvalue weighted by Gasteiger charge is 2.37. The van der Waals surface area contributed by atoms with Crippen molar-refractivity contribution in [1.29, 1.82) is 0 Å². The van der Waals surface area contributed by atoms with E-state index in [1.165, 1.54) is 7.11 Å². The lowest BCUT2D eigenvalue weighted by Gasteiger charge is -2.30. The molecule has 196 valence electrons. The lowest BCUT2D eigenvalue weighted by atomic mass is 10.0. The summed E-state index contributed by atoms with van der Waals surface area (Å²) in [6, 6.07) is 15.9. The molecule has 0 aliphatic carbocycles. The molecule has 0 spiro atoms. The van der Waals surface area contributed by atoms with Crippen molar-refractivity contribution >= 4 is 12.0 Å². The quantitative estimate of drug-likeness (QED) is 0.316. The maximum atomic E-state index is 13.4. The van der Waals surface area contributed by atoms with E-state index in [1.807, 2.05) is 31.1 Å². The molecule has 2 aromatic carbocycles. The normalized spacial score (nSPS) is 16.0. The van der Waals surface area contributed by atoms with E-state index in [-0.39, 0.29) is 17.9 Å². The van der Waals surface area contributed by atoms with Gasteiger partial charge < -0.3 is 24.9 Å². The number of likely N-dealkylation sites (tertiary alicyclic amines) is 1. The summed E-state index contributed by atoms with van der Waals surface area (Å²) in [7, 11) is 1.30. The number of alkyl carbamates (subject to hydrolysis) is 1. The Balaban J connectivity index is 1.30. The van der Waals surface area contributed by atoms with Crippen molar-refractivity contribution in [3.8, 4) is 33.6 Å². The van der Waals surface area contributed by atoms with E-state index in [4.69, 9.17) is 4.74 Å². The number of amides is 2. The molecule has 3 N–H and O–H groups in total. The highest BCUT2D eigenvalue weighted by molar-refractivity contribution is 5.86. The molecule has 1 fully saturated rings. The first-order chi connectivity index (χ1) is 18.4. The van der Waals surface area contributed by atoms with Gasteiger partial charge in [-0.3, -0.25) is 4.79 Å². The van der Waals surface area contributed by atoms with E-state index in [2.05, 4.69) is 73.8 Å². The Morgan fingerprint density at radius 2 is 1.61 bits per heavy atom. The Morgan fingerprint density at radius 1 is 0.974 bits per heavy atom. The van der Waals surface area contributed by atoms with Crippen LogP contribution in [0.4, 0.5) is 4.79 Å². The van der Waals surface area contributed by atoms with Gasteiger partial charge in [-0.1, -0.05) is 62.4 Å². The Bertz CT molecular complexity index is 1380. The smallest absolute Gasteiger partial charge is 0.407 e. The maximum Gasteiger partial charge on any atom is 0.407 e. The molecule has 1 aliphatic heterocycles. The van der Waals surface area contributed by atoms with Gasteiger partial charge in [0.15, 0.2) is 0 Å². The third-order valence-electron chi connectivity index (χ3n) is 7.06. The number of ether oxygens (including phenoxy) is 1. The highest BCUT2D eigenvalue weighted by atomic mass is 16.5. The van der Waals surface area contributed by atoms with Crippen LogP contribution in [-0.2, 0) is 9.53 Å². The van der Waals surface area contributed by atoms with Crippen LogP contribution in [-0.4, -0.2) is 56.5 Å². The number of carbonyl (C=O) groups excluding carboxylic acids is 2. The average molecular weight is 513 g/mol. The molecule has 5 rings (SSSR count). The number of imidazole rings is 2. The third-order valence-corrected chi connectivity index (χ3v) is 7.06. The number of H-pyrrole nitrogens is 2. The Labute approximate surface area is 221 Å². The Morgan fingerprint density at radius 3 is 2.18 bits per heavy atom. The first-order valence-electron chi connectivity index (χ1n) is 12.8. The molecule has 4 aromatic rings. The lowest BCUT2D eigenvalue weighted by molar-refractivity contribution is -0.135. The number of benzene rings is 2. The van der Waals surface area contributed by atoms with Gasteiger partial charge in [0.2, 0.25) is 5.91 Å². The van der Waals surface area contributed by atoms with Crippen molar-refractivity contribution in [1.82, 2.24) is 30.2 Å². The number of hydrogen-bond acceptors (Lipinski definition) is 5. The van der Waals surface area contributed by atoms with Crippen LogP contribution in [0.15, 0.2) is 67.3 Å². The van der Waals surface area contributed by atoms with Gasteiger partial charge in [-0.15, -0.1) is 0 Å². The molecule has 3 heterocycles. The van der Waals surface area contributed by atoms with Crippen molar-refractivity contribution in [2.24, 2.45) is 5.92 Å². The minimum absolute atomic E-state index is 0.0739. The van der Waals surface area contributed by atoms with Gasteiger partial charge in [0.05, 0.1) is 43.3 Å². The molecule has 2 atom stereocenters. The summed E-state index contributed by atoms with van der Waals surface area (Å²) in [5.74, 6) is 0.564. The Hall–Kier alpha value is -4.40. The van der Waals surface area contributed by atoms with Crippen LogP contribution in [0.5, 0.6) is 0 Å². The van der Waals surface area contributed by atoms with Crippen LogP contribution in [0.25, 0.3) is 33.6 Å². The lowest BCUT2D eigenvalue weighted by Crippen LogP contribution is -2.51. The van der Waals surface area contributed by atoms with Gasteiger partial charge >= 0.3 is 6.09 Å². The molecule has 1 aliphatic rings. The zero-order chi connectivity index (χ0) is 26.6. The predicted molar refractivity (Wildman–Crippen MR) is 145 cm³/mol. The minimum Gasteiger partial charge on any atom is -0.453 e. The summed E-state index contributed by atoms with van der Waals surface area (Å²) < 4.78 is 4.72. The molecule has 2 amide bonds. The number of hydrogen-bond donors (Lipinski definition) is 3. The van der Waals surface area contributed by atoms with Gasteiger partial charge in [0.1, 0.15) is 11.9 Å². The number of aromatic amines is 2. The highest BCUT2D eigenvalue weighted by Crippen LogP contribution is 2.33. The number of nitrogens with one attached hydrogen (secondary N) is 3. The number of rotatable bonds is 7. The summed E-state index contributed by atoms with van der Waals surface area (Å²) in [6.07, 6.45) is 6.39. The molecule has 2 aromatic heterocycles. The van der Waals surface area contributed by atoms with E-state index < -0.39 is 12.1 Å². The first kappa shape index (κ1) is 25.3. The van der Waals surface area contributed by atoms with Crippen LogP contribution in [0.1, 0.15) is 38.6 Å². The predicted octanol–water partition coefficient (Wildman–Crippen LogP) is 5.18. The molecule has 1 saturated heterocycles. The van der Waals surface area contributed by atoms with Gasteiger partial charge in [-0.2, -0.15) is 0 Å². The van der Waals surface area contributed by atoms with Gasteiger partial charge in [-0.25, -0.2) is 14.8 Å². The molecule has 0 bridgehead atoms. The van der Waals surface area contributed by atoms with Crippen molar-refractivity contribution in [2.75, 3.05) is 13.7 Å². The molecule has 9 nitrogen and oxygen atoms in total. The zero-order valence-electron chi connectivity index (χ0n) is 21.8. The molecular formula is C29H32N6O3. The fraction of sp³-hybridized carbons (Fsp3) is 0.310. The largest absolute Gasteiger partial charge is 0.453 e. The second kappa shape index (κ2) is 10.9. The molecule has 1 unspecified atom stereocenters. The standard InChI is InChI=1S/C29H32N6O3/c1-18(2)26(34-29(37)38-3)28(36)35-14-4-5-25(35)27-31-16-24(33-27)22-12-8-20(9-13-22)19-6-10-21(11-7-19)23-15-30-17-32-23/h6-13,15-18,25-26H,4-5,14H2,1-3H3,(H,30,32)(H,31,33)(H,34,37)/t25-,26?/m0/s1. The number of methoxy groups -OCH3 is 1. The molecular weight excluding hydrogens is 480 g/mol. The van der Waals surface area contributed by atoms with Crippen molar-refractivity contribution in [3.05, 3.63) is 73.1 Å². The van der Waals surface area contributed by atoms with E-state index in [9.17, 15) is 9.59 Å². The van der Waals surface area contributed by atoms with Crippen molar-refractivity contribution < 1.29 is 14.3 Å². The monoisotopic (exact) mass is 512 g/mol. The van der Waals surface area contributed by atoms with Gasteiger partial charge in [0.25, 0.3) is 0 Å². The third kappa shape index (κ3) is 5.18. The number of aromatic nitrogens is 4. The van der Waals surface area contributed by atoms with Gasteiger partial charge in [0, 0.05) is 6.54 Å². The average Bonchev–Trinajstić information content (AvgIpc) is 3.73. The van der Waals surface area contributed by atoms with Crippen molar-refractivity contribution in [3.63, 3.8) is 0 Å².